The molecule has 0 bridgehead atoms. The number of nitrogens with zero attached hydrogens (tertiary/aromatic N) is 3. The average molecular weight is 445 g/mol. The molecule has 0 spiro atoms. The van der Waals surface area contributed by atoms with Crippen LogP contribution in [0.25, 0.3) is 22.0 Å². The molecule has 1 amide bonds. The lowest BCUT2D eigenvalue weighted by atomic mass is 10.0. The standard InChI is InChI=1S/C25H24FN5O2/c1-30-8-2-3-21(30)19-13-17-14-22(28-15-20(17)24(27)23(19)26)29-25(32)16-4-6-18(7-5-16)31-9-11-33-12-10-31/h2-8,13-15H,9-12,27H2,1H3,(H,28,29,32). The smallest absolute Gasteiger partial charge is 0.256 e. The molecule has 1 fully saturated rings. The lowest BCUT2D eigenvalue weighted by Crippen LogP contribution is -2.36. The molecular weight excluding hydrogens is 421 g/mol. The van der Waals surface area contributed by atoms with Crippen LogP contribution in [-0.4, -0.2) is 41.8 Å². The van der Waals surface area contributed by atoms with Crippen molar-refractivity contribution in [1.29, 1.82) is 0 Å². The van der Waals surface area contributed by atoms with E-state index >= 15 is 0 Å². The van der Waals surface area contributed by atoms with E-state index in [1.165, 1.54) is 6.20 Å². The third-order valence-corrected chi connectivity index (χ3v) is 5.97. The minimum absolute atomic E-state index is 0.0350. The van der Waals surface area contributed by atoms with Crippen LogP contribution in [0.3, 0.4) is 0 Å². The number of rotatable bonds is 4. The summed E-state index contributed by atoms with van der Waals surface area (Å²) in [4.78, 5) is 19.3. The Labute approximate surface area is 190 Å². The van der Waals surface area contributed by atoms with E-state index in [9.17, 15) is 9.18 Å². The van der Waals surface area contributed by atoms with E-state index in [2.05, 4.69) is 15.2 Å². The third-order valence-electron chi connectivity index (χ3n) is 5.97. The Morgan fingerprint density at radius 1 is 1.15 bits per heavy atom. The van der Waals surface area contributed by atoms with Crippen LogP contribution in [0.5, 0.6) is 0 Å². The van der Waals surface area contributed by atoms with Crippen LogP contribution in [0.2, 0.25) is 0 Å². The first-order chi connectivity index (χ1) is 16.0. The minimum Gasteiger partial charge on any atom is -0.396 e. The van der Waals surface area contributed by atoms with Crippen molar-refractivity contribution in [3.05, 3.63) is 72.3 Å². The second kappa shape index (κ2) is 8.55. The van der Waals surface area contributed by atoms with Crippen molar-refractivity contribution < 1.29 is 13.9 Å². The Morgan fingerprint density at radius 3 is 2.61 bits per heavy atom. The Kier molecular flexibility index (Phi) is 5.43. The monoisotopic (exact) mass is 445 g/mol. The highest BCUT2D eigenvalue weighted by molar-refractivity contribution is 6.05. The van der Waals surface area contributed by atoms with Gasteiger partial charge in [0.15, 0.2) is 5.82 Å². The maximum Gasteiger partial charge on any atom is 0.256 e. The summed E-state index contributed by atoms with van der Waals surface area (Å²) in [5, 5.41) is 4.02. The summed E-state index contributed by atoms with van der Waals surface area (Å²) in [6.45, 7) is 3.08. The molecule has 1 saturated heterocycles. The number of hydrogen-bond acceptors (Lipinski definition) is 5. The predicted octanol–water partition coefficient (Wildman–Crippen LogP) is 4.05. The van der Waals surface area contributed by atoms with Gasteiger partial charge in [0.1, 0.15) is 5.82 Å². The fraction of sp³-hybridized carbons (Fsp3) is 0.200. The number of carbonyl (C=O) groups is 1. The molecule has 168 valence electrons. The quantitative estimate of drug-likeness (QED) is 0.463. The number of nitrogens with one attached hydrogen (secondary N) is 1. The number of nitrogen functional groups attached to an aromatic ring is 1. The molecule has 0 unspecified atom stereocenters. The number of morpholine rings is 1. The number of aromatic nitrogens is 2. The fourth-order valence-electron chi connectivity index (χ4n) is 4.13. The molecule has 0 aliphatic carbocycles. The number of carbonyl (C=O) groups excluding carboxylic acids is 1. The molecule has 1 aliphatic heterocycles. The summed E-state index contributed by atoms with van der Waals surface area (Å²) in [6, 6.07) is 14.6. The largest absolute Gasteiger partial charge is 0.396 e. The van der Waals surface area contributed by atoms with Crippen LogP contribution >= 0.6 is 0 Å². The van der Waals surface area contributed by atoms with Gasteiger partial charge in [0.25, 0.3) is 5.91 Å². The first kappa shape index (κ1) is 21.0. The van der Waals surface area contributed by atoms with Crippen LogP contribution in [0, 0.1) is 5.82 Å². The number of benzene rings is 2. The number of aryl methyl sites for hydroxylation is 1. The molecular formula is C25H24FN5O2. The summed E-state index contributed by atoms with van der Waals surface area (Å²) in [5.41, 5.74) is 8.80. The van der Waals surface area contributed by atoms with Gasteiger partial charge < -0.3 is 25.3 Å². The number of ether oxygens (including phenoxy) is 1. The molecule has 0 saturated carbocycles. The van der Waals surface area contributed by atoms with Gasteiger partial charge in [-0.25, -0.2) is 9.37 Å². The molecule has 3 heterocycles. The van der Waals surface area contributed by atoms with E-state index in [4.69, 9.17) is 10.5 Å². The maximum absolute atomic E-state index is 14.9. The van der Waals surface area contributed by atoms with Crippen molar-refractivity contribution in [2.45, 2.75) is 0 Å². The molecule has 2 aromatic carbocycles. The molecule has 0 radical (unpaired) electrons. The van der Waals surface area contributed by atoms with Gasteiger partial charge in [0.05, 0.1) is 24.6 Å². The second-order valence-corrected chi connectivity index (χ2v) is 8.05. The van der Waals surface area contributed by atoms with Crippen molar-refractivity contribution in [2.24, 2.45) is 7.05 Å². The molecule has 2 aromatic heterocycles. The number of anilines is 3. The van der Waals surface area contributed by atoms with Crippen molar-refractivity contribution in [3.63, 3.8) is 0 Å². The number of fused-ring (bicyclic) bond motifs is 1. The number of amides is 1. The summed E-state index contributed by atoms with van der Waals surface area (Å²) < 4.78 is 22.1. The molecule has 33 heavy (non-hydrogen) atoms. The van der Waals surface area contributed by atoms with E-state index in [1.807, 2.05) is 42.1 Å². The Hall–Kier alpha value is -3.91. The lowest BCUT2D eigenvalue weighted by Gasteiger charge is -2.28. The van der Waals surface area contributed by atoms with E-state index in [1.54, 1.807) is 24.3 Å². The predicted molar refractivity (Wildman–Crippen MR) is 128 cm³/mol. The lowest BCUT2D eigenvalue weighted by molar-refractivity contribution is 0.102. The molecule has 3 N–H and O–H groups in total. The minimum atomic E-state index is -0.483. The van der Waals surface area contributed by atoms with Gasteiger partial charge in [-0.3, -0.25) is 4.79 Å². The van der Waals surface area contributed by atoms with Gasteiger partial charge in [-0.1, -0.05) is 0 Å². The highest BCUT2D eigenvalue weighted by Gasteiger charge is 2.16. The fourth-order valence-corrected chi connectivity index (χ4v) is 4.13. The van der Waals surface area contributed by atoms with E-state index in [-0.39, 0.29) is 11.6 Å². The summed E-state index contributed by atoms with van der Waals surface area (Å²) >= 11 is 0. The second-order valence-electron chi connectivity index (χ2n) is 8.05. The third kappa shape index (κ3) is 4.01. The Morgan fingerprint density at radius 2 is 1.91 bits per heavy atom. The van der Waals surface area contributed by atoms with Gasteiger partial charge in [0, 0.05) is 54.7 Å². The molecule has 0 atom stereocenters. The van der Waals surface area contributed by atoms with Crippen LogP contribution in [0.15, 0.2) is 60.9 Å². The molecule has 8 heteroatoms. The highest BCUT2D eigenvalue weighted by Crippen LogP contribution is 2.34. The first-order valence-electron chi connectivity index (χ1n) is 10.7. The van der Waals surface area contributed by atoms with Gasteiger partial charge in [-0.05, 0) is 53.9 Å². The topological polar surface area (TPSA) is 85.4 Å². The molecule has 5 rings (SSSR count). The zero-order valence-corrected chi connectivity index (χ0v) is 18.2. The van der Waals surface area contributed by atoms with Crippen molar-refractivity contribution >= 4 is 33.9 Å². The summed E-state index contributed by atoms with van der Waals surface area (Å²) in [7, 11) is 1.84. The van der Waals surface area contributed by atoms with Crippen molar-refractivity contribution in [2.75, 3.05) is 42.3 Å². The molecule has 7 nitrogen and oxygen atoms in total. The van der Waals surface area contributed by atoms with Crippen LogP contribution in [0.1, 0.15) is 10.4 Å². The maximum atomic E-state index is 14.9. The summed E-state index contributed by atoms with van der Waals surface area (Å²) in [5.74, 6) is -0.384. The van der Waals surface area contributed by atoms with Crippen LogP contribution in [-0.2, 0) is 11.8 Å². The average Bonchev–Trinajstić information content (AvgIpc) is 3.27. The number of hydrogen-bond donors (Lipinski definition) is 2. The van der Waals surface area contributed by atoms with Crippen molar-refractivity contribution in [1.82, 2.24) is 9.55 Å². The zero-order chi connectivity index (χ0) is 22.9. The SMILES string of the molecule is Cn1cccc1-c1cc2cc(NC(=O)c3ccc(N4CCOCC4)cc3)ncc2c(N)c1F. The molecule has 4 aromatic rings. The molecule has 1 aliphatic rings. The first-order valence-corrected chi connectivity index (χ1v) is 10.7. The normalized spacial score (nSPS) is 13.9. The number of pyridine rings is 1. The van der Waals surface area contributed by atoms with Gasteiger partial charge in [-0.2, -0.15) is 0 Å². The summed E-state index contributed by atoms with van der Waals surface area (Å²) in [6.07, 6.45) is 3.33. The number of halogens is 1. The van der Waals surface area contributed by atoms with Gasteiger partial charge >= 0.3 is 0 Å². The van der Waals surface area contributed by atoms with E-state index in [0.29, 0.717) is 46.6 Å². The van der Waals surface area contributed by atoms with Crippen LogP contribution < -0.4 is 16.0 Å². The zero-order valence-electron chi connectivity index (χ0n) is 18.2. The van der Waals surface area contributed by atoms with Crippen LogP contribution in [0.4, 0.5) is 21.6 Å². The highest BCUT2D eigenvalue weighted by atomic mass is 19.1. The van der Waals surface area contributed by atoms with E-state index < -0.39 is 5.82 Å². The Balaban J connectivity index is 1.40. The number of nitrogens with two attached hydrogens (primary N) is 1. The van der Waals surface area contributed by atoms with Gasteiger partial charge in [0.2, 0.25) is 0 Å². The van der Waals surface area contributed by atoms with E-state index in [0.717, 1.165) is 18.8 Å². The van der Waals surface area contributed by atoms with Gasteiger partial charge in [-0.15, -0.1) is 0 Å². The Bertz CT molecular complexity index is 1330. The van der Waals surface area contributed by atoms with Crippen molar-refractivity contribution in [3.8, 4) is 11.3 Å².